The van der Waals surface area contributed by atoms with Gasteiger partial charge in [0, 0.05) is 35.8 Å². The molecular weight excluding hydrogens is 498 g/mol. The van der Waals surface area contributed by atoms with Gasteiger partial charge in [0.1, 0.15) is 11.6 Å². The highest BCUT2D eigenvalue weighted by Gasteiger charge is 2.21. The fraction of sp³-hybridized carbons (Fsp3) is 0.143. The molecule has 2 aromatic carbocycles. The smallest absolute Gasteiger partial charge is 0.251 e. The number of carbonyl (C=O) groups is 1. The fourth-order valence-electron chi connectivity index (χ4n) is 4.18. The van der Waals surface area contributed by atoms with Crippen LogP contribution >= 0.6 is 0 Å². The number of H-pyrrole nitrogens is 1. The molecule has 3 heterocycles. The Morgan fingerprint density at radius 1 is 1.03 bits per heavy atom. The lowest BCUT2D eigenvalue weighted by Gasteiger charge is -2.15. The Morgan fingerprint density at radius 3 is 2.33 bits per heavy atom. The number of aromatic amines is 1. The number of carbonyl (C=O) groups excluding carboxylic acids is 1. The van der Waals surface area contributed by atoms with Crippen LogP contribution in [0.2, 0.25) is 0 Å². The van der Waals surface area contributed by atoms with E-state index in [1.165, 1.54) is 6.20 Å². The number of methoxy groups -OCH3 is 3. The summed E-state index contributed by atoms with van der Waals surface area (Å²) in [6, 6.07) is 16.8. The number of ether oxygens (including phenoxy) is 3. The van der Waals surface area contributed by atoms with Crippen molar-refractivity contribution >= 4 is 23.1 Å². The minimum Gasteiger partial charge on any atom is -0.493 e. The molecule has 0 unspecified atom stereocenters. The summed E-state index contributed by atoms with van der Waals surface area (Å²) < 4.78 is 18.2. The van der Waals surface area contributed by atoms with Crippen LogP contribution < -0.4 is 24.8 Å². The zero-order chi connectivity index (χ0) is 27.4. The quantitative estimate of drug-likeness (QED) is 0.260. The number of amides is 1. The van der Waals surface area contributed by atoms with Crippen molar-refractivity contribution in [3.63, 3.8) is 0 Å². The van der Waals surface area contributed by atoms with Crippen molar-refractivity contribution in [1.82, 2.24) is 24.9 Å². The van der Waals surface area contributed by atoms with Crippen molar-refractivity contribution in [3.8, 4) is 34.6 Å². The van der Waals surface area contributed by atoms with E-state index < -0.39 is 0 Å². The third-order valence-corrected chi connectivity index (χ3v) is 6.15. The van der Waals surface area contributed by atoms with Crippen molar-refractivity contribution in [2.75, 3.05) is 26.6 Å². The summed E-state index contributed by atoms with van der Waals surface area (Å²) in [6.45, 7) is 0.372. The largest absolute Gasteiger partial charge is 0.493 e. The molecule has 1 amide bonds. The molecule has 196 valence electrons. The molecule has 0 aliphatic heterocycles. The number of fused-ring (bicyclic) bond motifs is 1. The lowest BCUT2D eigenvalue weighted by atomic mass is 10.1. The summed E-state index contributed by atoms with van der Waals surface area (Å²) in [5, 5.41) is 20.3. The van der Waals surface area contributed by atoms with E-state index in [4.69, 9.17) is 14.2 Å². The Labute approximate surface area is 224 Å². The second-order valence-electron chi connectivity index (χ2n) is 8.43. The number of nitrogens with zero attached hydrogens (tertiary/aromatic N) is 4. The van der Waals surface area contributed by atoms with Crippen LogP contribution in [0.4, 0.5) is 11.5 Å². The standard InChI is InChI=1S/C28H25N7O4/c1-37-22-12-19(13-23(38-2)25(22)39-3)24-27(35-26(34-24)20(14-29)16-32-35)33-21-6-4-17(5-7-21)15-31-28(36)18-8-10-30-11-9-18/h4-13,16,33-34H,15H2,1-3H3,(H,31,36). The predicted octanol–water partition coefficient (Wildman–Crippen LogP) is 4.30. The zero-order valence-electron chi connectivity index (χ0n) is 21.5. The van der Waals surface area contributed by atoms with Gasteiger partial charge in [-0.1, -0.05) is 12.1 Å². The highest BCUT2D eigenvalue weighted by Crippen LogP contribution is 2.43. The lowest BCUT2D eigenvalue weighted by molar-refractivity contribution is 0.0951. The summed E-state index contributed by atoms with van der Waals surface area (Å²) in [4.78, 5) is 19.6. The number of pyridine rings is 1. The van der Waals surface area contributed by atoms with E-state index in [0.717, 1.165) is 16.8 Å². The third kappa shape index (κ3) is 4.91. The maximum atomic E-state index is 12.3. The van der Waals surface area contributed by atoms with Crippen LogP contribution in [0.1, 0.15) is 21.5 Å². The Balaban J connectivity index is 1.45. The molecule has 5 aromatic rings. The predicted molar refractivity (Wildman–Crippen MR) is 144 cm³/mol. The maximum absolute atomic E-state index is 12.3. The zero-order valence-corrected chi connectivity index (χ0v) is 21.5. The molecule has 0 bridgehead atoms. The van der Waals surface area contributed by atoms with E-state index in [1.807, 2.05) is 36.4 Å². The van der Waals surface area contributed by atoms with E-state index in [9.17, 15) is 10.1 Å². The molecule has 0 saturated heterocycles. The van der Waals surface area contributed by atoms with Crippen molar-refractivity contribution in [2.24, 2.45) is 0 Å². The lowest BCUT2D eigenvalue weighted by Crippen LogP contribution is -2.22. The molecule has 0 saturated carbocycles. The molecule has 0 radical (unpaired) electrons. The normalized spacial score (nSPS) is 10.6. The maximum Gasteiger partial charge on any atom is 0.251 e. The number of aromatic nitrogens is 4. The number of benzene rings is 2. The van der Waals surface area contributed by atoms with Crippen LogP contribution in [0.25, 0.3) is 16.9 Å². The second kappa shape index (κ2) is 10.9. The molecule has 0 atom stereocenters. The molecule has 3 aromatic heterocycles. The molecule has 39 heavy (non-hydrogen) atoms. The van der Waals surface area contributed by atoms with Crippen molar-refractivity contribution < 1.29 is 19.0 Å². The van der Waals surface area contributed by atoms with Crippen molar-refractivity contribution in [2.45, 2.75) is 6.54 Å². The average Bonchev–Trinajstić information content (AvgIpc) is 3.55. The topological polar surface area (TPSA) is 139 Å². The molecule has 0 fully saturated rings. The molecular formula is C28H25N7O4. The molecule has 0 spiro atoms. The van der Waals surface area contributed by atoms with E-state index in [1.54, 1.807) is 50.4 Å². The van der Waals surface area contributed by atoms with Gasteiger partial charge in [0.05, 0.1) is 33.2 Å². The van der Waals surface area contributed by atoms with E-state index >= 15 is 0 Å². The average molecular weight is 524 g/mol. The van der Waals surface area contributed by atoms with Gasteiger partial charge in [0.25, 0.3) is 5.91 Å². The van der Waals surface area contributed by atoms with Gasteiger partial charge in [-0.2, -0.15) is 14.9 Å². The summed E-state index contributed by atoms with van der Waals surface area (Å²) in [5.41, 5.74) is 4.60. The van der Waals surface area contributed by atoms with E-state index in [-0.39, 0.29) is 5.91 Å². The molecule has 11 heteroatoms. The number of hydrogen-bond donors (Lipinski definition) is 3. The van der Waals surface area contributed by atoms with Crippen LogP contribution in [0, 0.1) is 11.3 Å². The number of imidazole rings is 1. The van der Waals surface area contributed by atoms with Gasteiger partial charge < -0.3 is 29.8 Å². The fourth-order valence-corrected chi connectivity index (χ4v) is 4.18. The summed E-state index contributed by atoms with van der Waals surface area (Å²) >= 11 is 0. The molecule has 5 rings (SSSR count). The first-order valence-corrected chi connectivity index (χ1v) is 11.9. The summed E-state index contributed by atoms with van der Waals surface area (Å²) in [5.74, 6) is 1.89. The van der Waals surface area contributed by atoms with Crippen molar-refractivity contribution in [3.05, 3.63) is 83.8 Å². The molecule has 11 nitrogen and oxygen atoms in total. The molecule has 0 aliphatic carbocycles. The number of nitriles is 1. The first-order chi connectivity index (χ1) is 19.1. The Morgan fingerprint density at radius 2 is 1.72 bits per heavy atom. The van der Waals surface area contributed by atoms with E-state index in [2.05, 4.69) is 31.8 Å². The van der Waals surface area contributed by atoms with Gasteiger partial charge in [0.2, 0.25) is 5.75 Å². The Bertz CT molecular complexity index is 1640. The highest BCUT2D eigenvalue weighted by molar-refractivity contribution is 5.94. The summed E-state index contributed by atoms with van der Waals surface area (Å²) in [7, 11) is 4.65. The Hall–Kier alpha value is -5.50. The number of rotatable bonds is 9. The van der Waals surface area contributed by atoms with Gasteiger partial charge in [-0.3, -0.25) is 9.78 Å². The first-order valence-electron chi connectivity index (χ1n) is 11.9. The van der Waals surface area contributed by atoms with Crippen LogP contribution in [0.15, 0.2) is 67.1 Å². The van der Waals surface area contributed by atoms with Crippen LogP contribution in [0.5, 0.6) is 17.2 Å². The number of hydrogen-bond acceptors (Lipinski definition) is 8. The minimum absolute atomic E-state index is 0.170. The van der Waals surface area contributed by atoms with Crippen LogP contribution in [-0.2, 0) is 6.54 Å². The van der Waals surface area contributed by atoms with E-state index in [0.29, 0.717) is 52.1 Å². The minimum atomic E-state index is -0.170. The third-order valence-electron chi connectivity index (χ3n) is 6.15. The van der Waals surface area contributed by atoms with Gasteiger partial charge in [-0.25, -0.2) is 0 Å². The van der Waals surface area contributed by atoms with Gasteiger partial charge >= 0.3 is 0 Å². The monoisotopic (exact) mass is 523 g/mol. The van der Waals surface area contributed by atoms with Gasteiger partial charge in [0.15, 0.2) is 23.0 Å². The molecule has 3 N–H and O–H groups in total. The van der Waals surface area contributed by atoms with Crippen LogP contribution in [0.3, 0.4) is 0 Å². The number of nitrogens with one attached hydrogen (secondary N) is 3. The van der Waals surface area contributed by atoms with Gasteiger partial charge in [-0.05, 0) is 42.0 Å². The Kier molecular flexibility index (Phi) is 7.00. The highest BCUT2D eigenvalue weighted by atomic mass is 16.5. The van der Waals surface area contributed by atoms with Crippen LogP contribution in [-0.4, -0.2) is 46.8 Å². The summed E-state index contributed by atoms with van der Waals surface area (Å²) in [6.07, 6.45) is 4.67. The second-order valence-corrected chi connectivity index (χ2v) is 8.43. The van der Waals surface area contributed by atoms with Gasteiger partial charge in [-0.15, -0.1) is 0 Å². The number of anilines is 2. The van der Waals surface area contributed by atoms with Crippen molar-refractivity contribution in [1.29, 1.82) is 5.26 Å². The SMILES string of the molecule is COc1cc(-c2[nH]c3c(C#N)cnn3c2Nc2ccc(CNC(=O)c3ccncc3)cc2)cc(OC)c1OC. The first kappa shape index (κ1) is 25.2. The molecule has 0 aliphatic rings.